The van der Waals surface area contributed by atoms with Crippen LogP contribution in [-0.4, -0.2) is 18.4 Å². The number of rotatable bonds is 5. The fourth-order valence-corrected chi connectivity index (χ4v) is 2.54. The van der Waals surface area contributed by atoms with Gasteiger partial charge in [0.25, 0.3) is 0 Å². The van der Waals surface area contributed by atoms with Gasteiger partial charge in [0.2, 0.25) is 11.8 Å². The van der Waals surface area contributed by atoms with Gasteiger partial charge in [-0.15, -0.1) is 0 Å². The second-order valence-electron chi connectivity index (χ2n) is 5.35. The Morgan fingerprint density at radius 2 is 2.15 bits per heavy atom. The molecular formula is C16H22N2O2. The quantitative estimate of drug-likeness (QED) is 0.896. The summed E-state index contributed by atoms with van der Waals surface area (Å²) < 4.78 is 0. The summed E-state index contributed by atoms with van der Waals surface area (Å²) in [4.78, 5) is 25.8. The van der Waals surface area contributed by atoms with E-state index in [1.165, 1.54) is 0 Å². The van der Waals surface area contributed by atoms with Crippen LogP contribution in [0.2, 0.25) is 0 Å². The summed E-state index contributed by atoms with van der Waals surface area (Å²) in [5.41, 5.74) is 1.54. The molecular weight excluding hydrogens is 252 g/mol. The molecule has 2 amide bonds. The van der Waals surface area contributed by atoms with Gasteiger partial charge in [-0.2, -0.15) is 0 Å². The summed E-state index contributed by atoms with van der Waals surface area (Å²) in [6.45, 7) is 4.74. The van der Waals surface area contributed by atoms with Crippen LogP contribution >= 0.6 is 0 Å². The highest BCUT2D eigenvalue weighted by atomic mass is 16.2. The molecule has 0 bridgehead atoms. The van der Waals surface area contributed by atoms with Gasteiger partial charge in [0.1, 0.15) is 0 Å². The average Bonchev–Trinajstić information content (AvgIpc) is 2.86. The molecule has 0 radical (unpaired) electrons. The average molecular weight is 274 g/mol. The number of para-hydroxylation sites is 2. The highest BCUT2D eigenvalue weighted by molar-refractivity contribution is 6.02. The first-order chi connectivity index (χ1) is 9.63. The molecule has 2 rings (SSSR count). The van der Waals surface area contributed by atoms with Crippen molar-refractivity contribution in [1.29, 1.82) is 0 Å². The van der Waals surface area contributed by atoms with Gasteiger partial charge in [0, 0.05) is 18.9 Å². The molecule has 0 saturated carbocycles. The van der Waals surface area contributed by atoms with Gasteiger partial charge < -0.3 is 10.2 Å². The molecule has 1 aromatic carbocycles. The lowest BCUT2D eigenvalue weighted by molar-refractivity contribution is -0.119. The molecule has 4 heteroatoms. The van der Waals surface area contributed by atoms with Crippen LogP contribution in [-0.2, 0) is 9.59 Å². The highest BCUT2D eigenvalue weighted by Gasteiger charge is 2.24. The number of nitrogens with zero attached hydrogens (tertiary/aromatic N) is 1. The summed E-state index contributed by atoms with van der Waals surface area (Å²) in [6.07, 6.45) is 3.33. The Hall–Kier alpha value is -1.84. The number of carbonyl (C=O) groups excluding carboxylic acids is 2. The van der Waals surface area contributed by atoms with Gasteiger partial charge in [-0.3, -0.25) is 9.59 Å². The van der Waals surface area contributed by atoms with E-state index in [2.05, 4.69) is 12.2 Å². The summed E-state index contributed by atoms with van der Waals surface area (Å²) in [6, 6.07) is 7.52. The molecule has 1 saturated heterocycles. The standard InChI is InChI=1S/C16H22N2O2/c1-3-7-12(2)16(20)17-13-8-4-5-9-14(13)18-11-6-10-15(18)19/h4-5,8-9,12H,3,6-7,10-11H2,1-2H3,(H,17,20). The first-order valence-electron chi connectivity index (χ1n) is 7.33. The molecule has 20 heavy (non-hydrogen) atoms. The monoisotopic (exact) mass is 274 g/mol. The van der Waals surface area contributed by atoms with Crippen molar-refractivity contribution >= 4 is 23.2 Å². The van der Waals surface area contributed by atoms with E-state index in [1.807, 2.05) is 31.2 Å². The zero-order valence-electron chi connectivity index (χ0n) is 12.2. The van der Waals surface area contributed by atoms with E-state index in [9.17, 15) is 9.59 Å². The maximum Gasteiger partial charge on any atom is 0.227 e. The third kappa shape index (κ3) is 3.18. The number of benzene rings is 1. The molecule has 1 atom stereocenters. The van der Waals surface area contributed by atoms with Crippen LogP contribution in [0.4, 0.5) is 11.4 Å². The van der Waals surface area contributed by atoms with Gasteiger partial charge in [0.05, 0.1) is 11.4 Å². The van der Waals surface area contributed by atoms with Crippen molar-refractivity contribution in [3.8, 4) is 0 Å². The Balaban J connectivity index is 2.16. The normalized spacial score (nSPS) is 16.3. The van der Waals surface area contributed by atoms with Crippen molar-refractivity contribution in [3.63, 3.8) is 0 Å². The van der Waals surface area contributed by atoms with E-state index in [-0.39, 0.29) is 17.7 Å². The molecule has 1 aliphatic heterocycles. The summed E-state index contributed by atoms with van der Waals surface area (Å²) in [7, 11) is 0. The van der Waals surface area contributed by atoms with Crippen molar-refractivity contribution in [2.24, 2.45) is 5.92 Å². The molecule has 0 spiro atoms. The molecule has 1 aromatic rings. The number of hydrogen-bond donors (Lipinski definition) is 1. The topological polar surface area (TPSA) is 49.4 Å². The Bertz CT molecular complexity index is 499. The van der Waals surface area contributed by atoms with E-state index in [0.717, 1.165) is 37.2 Å². The number of amides is 2. The highest BCUT2D eigenvalue weighted by Crippen LogP contribution is 2.29. The fourth-order valence-electron chi connectivity index (χ4n) is 2.54. The predicted molar refractivity (Wildman–Crippen MR) is 80.7 cm³/mol. The SMILES string of the molecule is CCCC(C)C(=O)Nc1ccccc1N1CCCC1=O. The van der Waals surface area contributed by atoms with Gasteiger partial charge >= 0.3 is 0 Å². The van der Waals surface area contributed by atoms with E-state index < -0.39 is 0 Å². The van der Waals surface area contributed by atoms with Crippen LogP contribution in [0.3, 0.4) is 0 Å². The van der Waals surface area contributed by atoms with Crippen LogP contribution in [0, 0.1) is 5.92 Å². The molecule has 4 nitrogen and oxygen atoms in total. The van der Waals surface area contributed by atoms with Crippen LogP contribution in [0.15, 0.2) is 24.3 Å². The van der Waals surface area contributed by atoms with Gasteiger partial charge in [0.15, 0.2) is 0 Å². The first-order valence-corrected chi connectivity index (χ1v) is 7.33. The Morgan fingerprint density at radius 1 is 1.40 bits per heavy atom. The smallest absolute Gasteiger partial charge is 0.227 e. The minimum Gasteiger partial charge on any atom is -0.324 e. The Morgan fingerprint density at radius 3 is 2.80 bits per heavy atom. The molecule has 1 heterocycles. The lowest BCUT2D eigenvalue weighted by Gasteiger charge is -2.21. The lowest BCUT2D eigenvalue weighted by Crippen LogP contribution is -2.27. The fraction of sp³-hybridized carbons (Fsp3) is 0.500. The van der Waals surface area contributed by atoms with Gasteiger partial charge in [-0.1, -0.05) is 32.4 Å². The summed E-state index contributed by atoms with van der Waals surface area (Å²) in [5.74, 6) is 0.140. The number of carbonyl (C=O) groups is 2. The second kappa shape index (κ2) is 6.55. The van der Waals surface area contributed by atoms with E-state index in [1.54, 1.807) is 4.90 Å². The molecule has 108 valence electrons. The molecule has 1 fully saturated rings. The minimum atomic E-state index is -0.0117. The molecule has 1 aliphatic rings. The van der Waals surface area contributed by atoms with Crippen LogP contribution in [0.25, 0.3) is 0 Å². The second-order valence-corrected chi connectivity index (χ2v) is 5.35. The van der Waals surface area contributed by atoms with Crippen LogP contribution in [0.1, 0.15) is 39.5 Å². The molecule has 1 unspecified atom stereocenters. The van der Waals surface area contributed by atoms with E-state index >= 15 is 0 Å². The Labute approximate surface area is 120 Å². The lowest BCUT2D eigenvalue weighted by atomic mass is 10.1. The number of anilines is 2. The van der Waals surface area contributed by atoms with Crippen molar-refractivity contribution in [3.05, 3.63) is 24.3 Å². The molecule has 0 aliphatic carbocycles. The van der Waals surface area contributed by atoms with Crippen molar-refractivity contribution in [1.82, 2.24) is 0 Å². The number of nitrogens with one attached hydrogen (secondary N) is 1. The van der Waals surface area contributed by atoms with Gasteiger partial charge in [-0.05, 0) is 25.0 Å². The maximum absolute atomic E-state index is 12.1. The minimum absolute atomic E-state index is 0.0117. The van der Waals surface area contributed by atoms with Crippen molar-refractivity contribution < 1.29 is 9.59 Å². The van der Waals surface area contributed by atoms with Crippen LogP contribution in [0.5, 0.6) is 0 Å². The third-order valence-electron chi connectivity index (χ3n) is 3.70. The molecule has 1 N–H and O–H groups in total. The van der Waals surface area contributed by atoms with E-state index in [0.29, 0.717) is 6.42 Å². The van der Waals surface area contributed by atoms with E-state index in [4.69, 9.17) is 0 Å². The van der Waals surface area contributed by atoms with Gasteiger partial charge in [-0.25, -0.2) is 0 Å². The third-order valence-corrected chi connectivity index (χ3v) is 3.70. The largest absolute Gasteiger partial charge is 0.324 e. The zero-order valence-corrected chi connectivity index (χ0v) is 12.2. The summed E-state index contributed by atoms with van der Waals surface area (Å²) in [5, 5.41) is 2.96. The number of hydrogen-bond acceptors (Lipinski definition) is 2. The van der Waals surface area contributed by atoms with Crippen molar-refractivity contribution in [2.45, 2.75) is 39.5 Å². The van der Waals surface area contributed by atoms with Crippen molar-refractivity contribution in [2.75, 3.05) is 16.8 Å². The first kappa shape index (κ1) is 14.6. The van der Waals surface area contributed by atoms with Crippen LogP contribution < -0.4 is 10.2 Å². The predicted octanol–water partition coefficient (Wildman–Crippen LogP) is 3.19. The Kier molecular flexibility index (Phi) is 4.77. The zero-order chi connectivity index (χ0) is 14.5. The maximum atomic E-state index is 12.1. The summed E-state index contributed by atoms with van der Waals surface area (Å²) >= 11 is 0. The molecule has 0 aromatic heterocycles.